The van der Waals surface area contributed by atoms with Gasteiger partial charge in [-0.25, -0.2) is 4.79 Å². The molecule has 1 aromatic carbocycles. The molecule has 0 saturated heterocycles. The van der Waals surface area contributed by atoms with Crippen molar-refractivity contribution in [3.63, 3.8) is 0 Å². The molecule has 0 aliphatic heterocycles. The lowest BCUT2D eigenvalue weighted by Crippen LogP contribution is -2.11. The van der Waals surface area contributed by atoms with E-state index in [1.54, 1.807) is 13.1 Å². The average molecular weight is 231 g/mol. The monoisotopic (exact) mass is 231 g/mol. The van der Waals surface area contributed by atoms with Crippen molar-refractivity contribution in [2.24, 2.45) is 12.8 Å². The van der Waals surface area contributed by atoms with Crippen molar-refractivity contribution in [1.29, 1.82) is 5.26 Å². The largest absolute Gasteiger partial charge is 0.419 e. The van der Waals surface area contributed by atoms with Gasteiger partial charge in [-0.2, -0.15) is 5.26 Å². The Labute approximate surface area is 98.1 Å². The molecule has 88 valence electrons. The highest BCUT2D eigenvalue weighted by molar-refractivity contribution is 5.73. The second-order valence-electron chi connectivity index (χ2n) is 3.96. The van der Waals surface area contributed by atoms with Crippen LogP contribution in [0, 0.1) is 11.3 Å². The zero-order chi connectivity index (χ0) is 12.4. The number of nitriles is 1. The zero-order valence-electron chi connectivity index (χ0n) is 9.51. The van der Waals surface area contributed by atoms with Crippen LogP contribution in [0.2, 0.25) is 0 Å². The van der Waals surface area contributed by atoms with Crippen LogP contribution in [0.4, 0.5) is 0 Å². The van der Waals surface area contributed by atoms with Crippen LogP contribution < -0.4 is 11.5 Å². The summed E-state index contributed by atoms with van der Waals surface area (Å²) < 4.78 is 6.47. The molecule has 1 atom stereocenters. The summed E-state index contributed by atoms with van der Waals surface area (Å²) in [5.41, 5.74) is 8.14. The minimum Gasteiger partial charge on any atom is -0.408 e. The molecule has 0 spiro atoms. The molecule has 5 nitrogen and oxygen atoms in total. The number of hydrogen-bond acceptors (Lipinski definition) is 4. The lowest BCUT2D eigenvalue weighted by Gasteiger charge is -2.09. The summed E-state index contributed by atoms with van der Waals surface area (Å²) in [5, 5.41) is 8.52. The van der Waals surface area contributed by atoms with Gasteiger partial charge in [0.25, 0.3) is 0 Å². The standard InChI is InChI=1S/C12H13N3O2/c1-15-10-7-8(9(14)3-2-6-13)4-5-11(10)17-12(15)16/h4-5,7,9H,2-3,14H2,1H3. The van der Waals surface area contributed by atoms with Gasteiger partial charge in [0.05, 0.1) is 11.6 Å². The summed E-state index contributed by atoms with van der Waals surface area (Å²) in [6, 6.07) is 7.27. The van der Waals surface area contributed by atoms with E-state index >= 15 is 0 Å². The predicted molar refractivity (Wildman–Crippen MR) is 63.2 cm³/mol. The van der Waals surface area contributed by atoms with E-state index in [9.17, 15) is 4.79 Å². The van der Waals surface area contributed by atoms with Crippen molar-refractivity contribution in [2.45, 2.75) is 18.9 Å². The van der Waals surface area contributed by atoms with Gasteiger partial charge >= 0.3 is 5.76 Å². The molecule has 0 aliphatic carbocycles. The lowest BCUT2D eigenvalue weighted by atomic mass is 10.0. The molecule has 0 saturated carbocycles. The lowest BCUT2D eigenvalue weighted by molar-refractivity contribution is 0.528. The molecule has 1 aromatic heterocycles. The Morgan fingerprint density at radius 3 is 3.06 bits per heavy atom. The molecule has 17 heavy (non-hydrogen) atoms. The smallest absolute Gasteiger partial charge is 0.408 e. The SMILES string of the molecule is Cn1c(=O)oc2ccc(C(N)CCC#N)cc21. The first kappa shape index (κ1) is 11.4. The Kier molecular flexibility index (Phi) is 2.98. The van der Waals surface area contributed by atoms with Crippen molar-refractivity contribution in [3.05, 3.63) is 34.3 Å². The second kappa shape index (κ2) is 4.44. The summed E-state index contributed by atoms with van der Waals surface area (Å²) in [7, 11) is 1.65. The molecule has 2 N–H and O–H groups in total. The Morgan fingerprint density at radius 1 is 1.59 bits per heavy atom. The first-order valence-electron chi connectivity index (χ1n) is 5.35. The van der Waals surface area contributed by atoms with E-state index in [4.69, 9.17) is 15.4 Å². The van der Waals surface area contributed by atoms with Gasteiger partial charge < -0.3 is 10.2 Å². The van der Waals surface area contributed by atoms with E-state index in [0.717, 1.165) is 11.1 Å². The third kappa shape index (κ3) is 2.08. The minimum absolute atomic E-state index is 0.191. The van der Waals surface area contributed by atoms with E-state index in [1.807, 2.05) is 12.1 Å². The van der Waals surface area contributed by atoms with Crippen molar-refractivity contribution >= 4 is 11.1 Å². The molecule has 0 radical (unpaired) electrons. The van der Waals surface area contributed by atoms with Crippen molar-refractivity contribution in [1.82, 2.24) is 4.57 Å². The molecule has 1 unspecified atom stereocenters. The average Bonchev–Trinajstić information content (AvgIpc) is 2.62. The van der Waals surface area contributed by atoms with Crippen LogP contribution >= 0.6 is 0 Å². The third-order valence-corrected chi connectivity index (χ3v) is 2.81. The quantitative estimate of drug-likeness (QED) is 0.866. The molecule has 2 aromatic rings. The van der Waals surface area contributed by atoms with Gasteiger partial charge in [-0.1, -0.05) is 6.07 Å². The highest BCUT2D eigenvalue weighted by atomic mass is 16.4. The number of aryl methyl sites for hydroxylation is 1. The third-order valence-electron chi connectivity index (χ3n) is 2.81. The fourth-order valence-corrected chi connectivity index (χ4v) is 1.76. The van der Waals surface area contributed by atoms with E-state index in [-0.39, 0.29) is 11.8 Å². The first-order chi connectivity index (χ1) is 8.13. The minimum atomic E-state index is -0.386. The van der Waals surface area contributed by atoms with E-state index < -0.39 is 0 Å². The van der Waals surface area contributed by atoms with Gasteiger partial charge in [0.2, 0.25) is 0 Å². The zero-order valence-corrected chi connectivity index (χ0v) is 9.51. The first-order valence-corrected chi connectivity index (χ1v) is 5.35. The molecule has 0 aliphatic rings. The van der Waals surface area contributed by atoms with Gasteiger partial charge in [-0.3, -0.25) is 4.57 Å². The maximum absolute atomic E-state index is 11.3. The number of fused-ring (bicyclic) bond motifs is 1. The van der Waals surface area contributed by atoms with Gasteiger partial charge in [0, 0.05) is 19.5 Å². The van der Waals surface area contributed by atoms with E-state index in [1.165, 1.54) is 4.57 Å². The second-order valence-corrected chi connectivity index (χ2v) is 3.96. The van der Waals surface area contributed by atoms with E-state index in [0.29, 0.717) is 18.4 Å². The molecule has 0 fully saturated rings. The number of aromatic nitrogens is 1. The van der Waals surface area contributed by atoms with Crippen LogP contribution in [-0.4, -0.2) is 4.57 Å². The van der Waals surface area contributed by atoms with Gasteiger partial charge in [-0.15, -0.1) is 0 Å². The van der Waals surface area contributed by atoms with Crippen molar-refractivity contribution in [2.75, 3.05) is 0 Å². The fourth-order valence-electron chi connectivity index (χ4n) is 1.76. The number of nitrogens with two attached hydrogens (primary N) is 1. The van der Waals surface area contributed by atoms with Crippen LogP contribution in [-0.2, 0) is 7.05 Å². The Balaban J connectivity index is 2.40. The number of rotatable bonds is 3. The summed E-state index contributed by atoms with van der Waals surface area (Å²) in [6.07, 6.45) is 1.03. The van der Waals surface area contributed by atoms with Crippen LogP contribution in [0.15, 0.2) is 27.4 Å². The molecular formula is C12H13N3O2. The van der Waals surface area contributed by atoms with Gasteiger partial charge in [0.1, 0.15) is 0 Å². The molecule has 0 amide bonds. The maximum atomic E-state index is 11.3. The molecule has 2 rings (SSSR count). The van der Waals surface area contributed by atoms with Crippen LogP contribution in [0.1, 0.15) is 24.4 Å². The molecule has 1 heterocycles. The van der Waals surface area contributed by atoms with Crippen molar-refractivity contribution in [3.8, 4) is 6.07 Å². The summed E-state index contributed by atoms with van der Waals surface area (Å²) >= 11 is 0. The fraction of sp³-hybridized carbons (Fsp3) is 0.333. The molecular weight excluding hydrogens is 218 g/mol. The Bertz CT molecular complexity index is 633. The Hall–Kier alpha value is -2.06. The van der Waals surface area contributed by atoms with Crippen LogP contribution in [0.3, 0.4) is 0 Å². The maximum Gasteiger partial charge on any atom is 0.419 e. The molecule has 5 heteroatoms. The summed E-state index contributed by atoms with van der Waals surface area (Å²) in [6.45, 7) is 0. The van der Waals surface area contributed by atoms with Crippen LogP contribution in [0.25, 0.3) is 11.1 Å². The highest BCUT2D eigenvalue weighted by Gasteiger charge is 2.10. The van der Waals surface area contributed by atoms with Crippen LogP contribution in [0.5, 0.6) is 0 Å². The number of hydrogen-bond donors (Lipinski definition) is 1. The number of benzene rings is 1. The summed E-state index contributed by atoms with van der Waals surface area (Å²) in [5.74, 6) is -0.386. The number of oxazole rings is 1. The summed E-state index contributed by atoms with van der Waals surface area (Å²) in [4.78, 5) is 11.3. The molecule has 0 bridgehead atoms. The van der Waals surface area contributed by atoms with E-state index in [2.05, 4.69) is 6.07 Å². The Morgan fingerprint density at radius 2 is 2.35 bits per heavy atom. The highest BCUT2D eigenvalue weighted by Crippen LogP contribution is 2.20. The topological polar surface area (TPSA) is 84.9 Å². The van der Waals surface area contributed by atoms with Crippen molar-refractivity contribution < 1.29 is 4.42 Å². The van der Waals surface area contributed by atoms with Gasteiger partial charge in [0.15, 0.2) is 5.58 Å². The normalized spacial score (nSPS) is 12.5. The predicted octanol–water partition coefficient (Wildman–Crippen LogP) is 1.44. The van der Waals surface area contributed by atoms with Gasteiger partial charge in [-0.05, 0) is 24.1 Å². The number of nitrogens with zero attached hydrogens (tertiary/aromatic N) is 2.